The minimum Gasteiger partial charge on any atom is -0.353 e. The highest BCUT2D eigenvalue weighted by Gasteiger charge is 2.34. The van der Waals surface area contributed by atoms with Crippen LogP contribution >= 0.6 is 0 Å². The molecule has 1 aliphatic heterocycles. The third-order valence-corrected chi connectivity index (χ3v) is 9.66. The average Bonchev–Trinajstić information content (AvgIpc) is 2.74. The molecule has 0 spiro atoms. The van der Waals surface area contributed by atoms with Crippen molar-refractivity contribution in [1.82, 2.24) is 13.9 Å². The molecule has 0 bridgehead atoms. The van der Waals surface area contributed by atoms with Crippen LogP contribution in [0.4, 0.5) is 0 Å². The van der Waals surface area contributed by atoms with Crippen molar-refractivity contribution in [2.45, 2.75) is 60.8 Å². The van der Waals surface area contributed by atoms with Crippen LogP contribution in [-0.4, -0.2) is 64.6 Å². The van der Waals surface area contributed by atoms with Crippen LogP contribution in [0.15, 0.2) is 34.1 Å². The molecule has 1 aliphatic carbocycles. The van der Waals surface area contributed by atoms with E-state index >= 15 is 0 Å². The highest BCUT2D eigenvalue weighted by atomic mass is 32.2. The van der Waals surface area contributed by atoms with Crippen LogP contribution in [-0.2, 0) is 24.8 Å². The molecule has 1 saturated carbocycles. The van der Waals surface area contributed by atoms with Gasteiger partial charge in [0.1, 0.15) is 0 Å². The normalized spacial score (nSPS) is 22.2. The van der Waals surface area contributed by atoms with Gasteiger partial charge in [0.05, 0.1) is 15.7 Å². The molecule has 1 N–H and O–H groups in total. The Balaban J connectivity index is 1.70. The second kappa shape index (κ2) is 9.33. The molecule has 30 heavy (non-hydrogen) atoms. The third kappa shape index (κ3) is 5.04. The zero-order valence-corrected chi connectivity index (χ0v) is 19.2. The van der Waals surface area contributed by atoms with Crippen molar-refractivity contribution in [3.05, 3.63) is 24.3 Å². The molecule has 10 heteroatoms. The number of amides is 1. The molecule has 168 valence electrons. The Morgan fingerprint density at radius 1 is 0.933 bits per heavy atom. The maximum absolute atomic E-state index is 13.1. The summed E-state index contributed by atoms with van der Waals surface area (Å²) >= 11 is 0. The van der Waals surface area contributed by atoms with E-state index in [1.807, 2.05) is 0 Å². The predicted molar refractivity (Wildman–Crippen MR) is 114 cm³/mol. The van der Waals surface area contributed by atoms with E-state index in [0.29, 0.717) is 19.4 Å². The van der Waals surface area contributed by atoms with Crippen LogP contribution < -0.4 is 5.32 Å². The van der Waals surface area contributed by atoms with Gasteiger partial charge in [-0.25, -0.2) is 21.1 Å². The molecule has 0 aromatic heterocycles. The predicted octanol–water partition coefficient (Wildman–Crippen LogP) is 1.79. The molecule has 1 unspecified atom stereocenters. The van der Waals surface area contributed by atoms with Gasteiger partial charge in [0.15, 0.2) is 0 Å². The van der Waals surface area contributed by atoms with Crippen LogP contribution in [0.1, 0.15) is 44.9 Å². The second-order valence-electron chi connectivity index (χ2n) is 8.30. The van der Waals surface area contributed by atoms with Gasteiger partial charge in [-0.05, 0) is 49.9 Å². The first-order valence-corrected chi connectivity index (χ1v) is 13.3. The van der Waals surface area contributed by atoms with E-state index in [1.54, 1.807) is 0 Å². The lowest BCUT2D eigenvalue weighted by Crippen LogP contribution is -2.47. The molecular weight excluding hydrogens is 426 g/mol. The smallest absolute Gasteiger partial charge is 0.243 e. The molecular formula is C20H31N3O5S2. The Morgan fingerprint density at radius 3 is 2.13 bits per heavy atom. The first-order valence-electron chi connectivity index (χ1n) is 10.5. The fourth-order valence-corrected chi connectivity index (χ4v) is 6.51. The monoisotopic (exact) mass is 457 g/mol. The molecule has 3 rings (SSSR count). The highest BCUT2D eigenvalue weighted by molar-refractivity contribution is 7.89. The summed E-state index contributed by atoms with van der Waals surface area (Å²) in [6, 6.07) is 5.44. The SMILES string of the molecule is CN(C)S(=O)(=O)c1ccc(S(=O)(=O)N2CCCC(C(=O)NC3CCCCC3)C2)cc1. The summed E-state index contributed by atoms with van der Waals surface area (Å²) in [4.78, 5) is 12.8. The van der Waals surface area contributed by atoms with Crippen LogP contribution in [0.5, 0.6) is 0 Å². The number of hydrogen-bond donors (Lipinski definition) is 1. The summed E-state index contributed by atoms with van der Waals surface area (Å²) in [6.07, 6.45) is 6.72. The number of benzene rings is 1. The molecule has 1 aromatic rings. The Bertz CT molecular complexity index is 953. The summed E-state index contributed by atoms with van der Waals surface area (Å²) in [5.41, 5.74) is 0. The zero-order chi connectivity index (χ0) is 21.9. The van der Waals surface area contributed by atoms with E-state index < -0.39 is 20.0 Å². The Morgan fingerprint density at radius 2 is 1.53 bits per heavy atom. The van der Waals surface area contributed by atoms with Crippen LogP contribution in [0, 0.1) is 5.92 Å². The number of rotatable bonds is 6. The van der Waals surface area contributed by atoms with Crippen molar-refractivity contribution >= 4 is 26.0 Å². The quantitative estimate of drug-likeness (QED) is 0.701. The lowest BCUT2D eigenvalue weighted by atomic mass is 9.93. The van der Waals surface area contributed by atoms with E-state index in [1.165, 1.54) is 49.1 Å². The molecule has 1 amide bonds. The molecule has 1 aromatic carbocycles. The number of hydrogen-bond acceptors (Lipinski definition) is 5. The van der Waals surface area contributed by atoms with Crippen molar-refractivity contribution in [2.75, 3.05) is 27.2 Å². The van der Waals surface area contributed by atoms with Crippen LogP contribution in [0.25, 0.3) is 0 Å². The molecule has 1 atom stereocenters. The molecule has 1 saturated heterocycles. The van der Waals surface area contributed by atoms with Gasteiger partial charge in [-0.15, -0.1) is 0 Å². The summed E-state index contributed by atoms with van der Waals surface area (Å²) in [7, 11) is -4.58. The minimum atomic E-state index is -3.80. The van der Waals surface area contributed by atoms with E-state index in [2.05, 4.69) is 5.32 Å². The van der Waals surface area contributed by atoms with Gasteiger partial charge >= 0.3 is 0 Å². The standard InChI is InChI=1S/C20H31N3O5S2/c1-22(2)29(25,26)18-10-12-19(13-11-18)30(27,28)23-14-6-7-16(15-23)20(24)21-17-8-4-3-5-9-17/h10-13,16-17H,3-9,14-15H2,1-2H3,(H,21,24). The zero-order valence-electron chi connectivity index (χ0n) is 17.6. The Kier molecular flexibility index (Phi) is 7.21. The van der Waals surface area contributed by atoms with Crippen molar-refractivity contribution in [1.29, 1.82) is 0 Å². The van der Waals surface area contributed by atoms with Crippen molar-refractivity contribution in [2.24, 2.45) is 5.92 Å². The van der Waals surface area contributed by atoms with Crippen molar-refractivity contribution in [3.8, 4) is 0 Å². The van der Waals surface area contributed by atoms with Crippen molar-refractivity contribution in [3.63, 3.8) is 0 Å². The molecule has 8 nitrogen and oxygen atoms in total. The van der Waals surface area contributed by atoms with E-state index in [9.17, 15) is 21.6 Å². The maximum atomic E-state index is 13.1. The molecule has 0 radical (unpaired) electrons. The van der Waals surface area contributed by atoms with E-state index in [0.717, 1.165) is 30.0 Å². The van der Waals surface area contributed by atoms with Crippen LogP contribution in [0.3, 0.4) is 0 Å². The number of nitrogens with one attached hydrogen (secondary N) is 1. The molecule has 2 fully saturated rings. The lowest BCUT2D eigenvalue weighted by Gasteiger charge is -2.32. The van der Waals surface area contributed by atoms with Crippen molar-refractivity contribution < 1.29 is 21.6 Å². The Hall–Kier alpha value is -1.49. The topological polar surface area (TPSA) is 104 Å². The van der Waals surface area contributed by atoms with Gasteiger partial charge in [0, 0.05) is 33.2 Å². The molecule has 1 heterocycles. The van der Waals surface area contributed by atoms with Gasteiger partial charge in [0.2, 0.25) is 26.0 Å². The minimum absolute atomic E-state index is 0.0357. The van der Waals surface area contributed by atoms with Gasteiger partial charge in [-0.1, -0.05) is 19.3 Å². The van der Waals surface area contributed by atoms with E-state index in [4.69, 9.17) is 0 Å². The highest BCUT2D eigenvalue weighted by Crippen LogP contribution is 2.26. The fourth-order valence-electron chi connectivity index (χ4n) is 4.08. The van der Waals surface area contributed by atoms with Gasteiger partial charge < -0.3 is 5.32 Å². The van der Waals surface area contributed by atoms with Gasteiger partial charge in [-0.3, -0.25) is 4.79 Å². The summed E-state index contributed by atoms with van der Waals surface area (Å²) in [6.45, 7) is 0.506. The van der Waals surface area contributed by atoms with Gasteiger partial charge in [-0.2, -0.15) is 4.31 Å². The summed E-state index contributed by atoms with van der Waals surface area (Å²) in [5.74, 6) is -0.418. The number of nitrogens with zero attached hydrogens (tertiary/aromatic N) is 2. The maximum Gasteiger partial charge on any atom is 0.243 e. The molecule has 2 aliphatic rings. The van der Waals surface area contributed by atoms with Crippen LogP contribution in [0.2, 0.25) is 0 Å². The average molecular weight is 458 g/mol. The number of carbonyl (C=O) groups is 1. The summed E-state index contributed by atoms with van der Waals surface area (Å²) < 4.78 is 53.0. The number of sulfonamides is 2. The van der Waals surface area contributed by atoms with Gasteiger partial charge in [0.25, 0.3) is 0 Å². The Labute approximate surface area is 179 Å². The first kappa shape index (κ1) is 23.2. The number of piperidine rings is 1. The lowest BCUT2D eigenvalue weighted by molar-refractivity contribution is -0.127. The fraction of sp³-hybridized carbons (Fsp3) is 0.650. The first-order chi connectivity index (χ1) is 14.1. The second-order valence-corrected chi connectivity index (χ2v) is 12.4. The van der Waals surface area contributed by atoms with E-state index in [-0.39, 0.29) is 34.2 Å². The summed E-state index contributed by atoms with van der Waals surface area (Å²) in [5, 5.41) is 3.10. The third-order valence-electron chi connectivity index (χ3n) is 5.95. The number of carbonyl (C=O) groups excluding carboxylic acids is 1. The largest absolute Gasteiger partial charge is 0.353 e.